The smallest absolute Gasteiger partial charge is 0.338 e. The number of hydrogen-bond acceptors (Lipinski definition) is 3. The van der Waals surface area contributed by atoms with Crippen molar-refractivity contribution in [2.24, 2.45) is 17.8 Å². The Hall–Kier alpha value is -0.570. The molecule has 0 heterocycles. The van der Waals surface area contributed by atoms with Gasteiger partial charge in [-0.05, 0) is 50.9 Å². The molecule has 1 rings (SSSR count). The van der Waals surface area contributed by atoms with Crippen LogP contribution >= 0.6 is 0 Å². The predicted octanol–water partition coefficient (Wildman–Crippen LogP) is 2.37. The van der Waals surface area contributed by atoms with Crippen molar-refractivity contribution in [3.63, 3.8) is 0 Å². The van der Waals surface area contributed by atoms with Crippen LogP contribution in [0.5, 0.6) is 0 Å². The van der Waals surface area contributed by atoms with Gasteiger partial charge in [0, 0.05) is 0 Å². The first-order valence-electron chi connectivity index (χ1n) is 6.27. The van der Waals surface area contributed by atoms with E-state index in [0.717, 1.165) is 12.8 Å². The van der Waals surface area contributed by atoms with Crippen molar-refractivity contribution in [2.45, 2.75) is 52.6 Å². The SMILES string of the molecule is CCOC(=O)C(C)(O)C1CC(C)CC(C)C1. The maximum absolute atomic E-state index is 11.7. The Morgan fingerprint density at radius 2 is 1.81 bits per heavy atom. The van der Waals surface area contributed by atoms with E-state index in [4.69, 9.17) is 4.74 Å². The molecular formula is C13H24O3. The van der Waals surface area contributed by atoms with E-state index in [2.05, 4.69) is 13.8 Å². The zero-order valence-corrected chi connectivity index (χ0v) is 10.8. The lowest BCUT2D eigenvalue weighted by Gasteiger charge is -2.38. The summed E-state index contributed by atoms with van der Waals surface area (Å²) in [5.74, 6) is 0.718. The highest BCUT2D eigenvalue weighted by Gasteiger charge is 2.43. The van der Waals surface area contributed by atoms with Crippen LogP contribution in [0, 0.1) is 17.8 Å². The summed E-state index contributed by atoms with van der Waals surface area (Å²) >= 11 is 0. The number of hydrogen-bond donors (Lipinski definition) is 1. The maximum atomic E-state index is 11.7. The number of ether oxygens (including phenoxy) is 1. The molecule has 0 amide bonds. The molecule has 1 aliphatic rings. The Labute approximate surface area is 98.2 Å². The van der Waals surface area contributed by atoms with Gasteiger partial charge in [-0.3, -0.25) is 0 Å². The largest absolute Gasteiger partial charge is 0.464 e. The van der Waals surface area contributed by atoms with Crippen LogP contribution in [-0.4, -0.2) is 23.3 Å². The molecule has 3 heteroatoms. The highest BCUT2D eigenvalue weighted by Crippen LogP contribution is 2.39. The van der Waals surface area contributed by atoms with Gasteiger partial charge in [0.1, 0.15) is 0 Å². The third-order valence-corrected chi connectivity index (χ3v) is 3.66. The fraction of sp³-hybridized carbons (Fsp3) is 0.923. The average Bonchev–Trinajstić information content (AvgIpc) is 2.16. The van der Waals surface area contributed by atoms with Gasteiger partial charge in [0.25, 0.3) is 0 Å². The Balaban J connectivity index is 2.70. The quantitative estimate of drug-likeness (QED) is 0.754. The highest BCUT2D eigenvalue weighted by atomic mass is 16.5. The van der Waals surface area contributed by atoms with Crippen LogP contribution in [0.4, 0.5) is 0 Å². The van der Waals surface area contributed by atoms with Crippen molar-refractivity contribution in [3.05, 3.63) is 0 Å². The molecule has 0 bridgehead atoms. The van der Waals surface area contributed by atoms with Gasteiger partial charge in [-0.25, -0.2) is 4.79 Å². The fourth-order valence-electron chi connectivity index (χ4n) is 2.85. The van der Waals surface area contributed by atoms with E-state index in [9.17, 15) is 9.90 Å². The highest BCUT2D eigenvalue weighted by molar-refractivity contribution is 5.79. The van der Waals surface area contributed by atoms with Crippen molar-refractivity contribution in [2.75, 3.05) is 6.61 Å². The second-order valence-corrected chi connectivity index (χ2v) is 5.48. The van der Waals surface area contributed by atoms with E-state index in [1.54, 1.807) is 13.8 Å². The molecule has 1 aliphatic carbocycles. The first-order valence-corrected chi connectivity index (χ1v) is 6.27. The molecule has 0 radical (unpaired) electrons. The minimum atomic E-state index is -1.32. The maximum Gasteiger partial charge on any atom is 0.338 e. The van der Waals surface area contributed by atoms with Crippen LogP contribution < -0.4 is 0 Å². The van der Waals surface area contributed by atoms with Gasteiger partial charge < -0.3 is 9.84 Å². The summed E-state index contributed by atoms with van der Waals surface area (Å²) in [4.78, 5) is 11.7. The predicted molar refractivity (Wildman–Crippen MR) is 62.9 cm³/mol. The van der Waals surface area contributed by atoms with E-state index in [1.165, 1.54) is 6.42 Å². The Kier molecular flexibility index (Phi) is 4.36. The summed E-state index contributed by atoms with van der Waals surface area (Å²) in [5, 5.41) is 10.3. The third kappa shape index (κ3) is 2.97. The van der Waals surface area contributed by atoms with Gasteiger partial charge in [-0.1, -0.05) is 13.8 Å². The normalized spacial score (nSPS) is 34.2. The van der Waals surface area contributed by atoms with Crippen molar-refractivity contribution in [1.82, 2.24) is 0 Å². The van der Waals surface area contributed by atoms with Gasteiger partial charge >= 0.3 is 5.97 Å². The molecule has 0 aliphatic heterocycles. The van der Waals surface area contributed by atoms with E-state index in [1.807, 2.05) is 0 Å². The summed E-state index contributed by atoms with van der Waals surface area (Å²) in [6, 6.07) is 0. The van der Waals surface area contributed by atoms with Crippen molar-refractivity contribution < 1.29 is 14.6 Å². The molecular weight excluding hydrogens is 204 g/mol. The van der Waals surface area contributed by atoms with Gasteiger partial charge in [0.15, 0.2) is 5.60 Å². The van der Waals surface area contributed by atoms with Crippen LogP contribution in [-0.2, 0) is 9.53 Å². The Bertz CT molecular complexity index is 238. The summed E-state index contributed by atoms with van der Waals surface area (Å²) < 4.78 is 4.94. The Morgan fingerprint density at radius 1 is 1.31 bits per heavy atom. The van der Waals surface area contributed by atoms with E-state index in [-0.39, 0.29) is 5.92 Å². The van der Waals surface area contributed by atoms with E-state index >= 15 is 0 Å². The van der Waals surface area contributed by atoms with Gasteiger partial charge in [0.2, 0.25) is 0 Å². The van der Waals surface area contributed by atoms with E-state index in [0.29, 0.717) is 18.4 Å². The number of aliphatic hydroxyl groups is 1. The van der Waals surface area contributed by atoms with Crippen LogP contribution in [0.2, 0.25) is 0 Å². The molecule has 94 valence electrons. The summed E-state index contributed by atoms with van der Waals surface area (Å²) in [5.41, 5.74) is -1.32. The molecule has 1 saturated carbocycles. The van der Waals surface area contributed by atoms with Crippen LogP contribution in [0.1, 0.15) is 47.0 Å². The molecule has 3 unspecified atom stereocenters. The number of rotatable bonds is 3. The molecule has 1 fully saturated rings. The second-order valence-electron chi connectivity index (χ2n) is 5.48. The number of carbonyl (C=O) groups is 1. The summed E-state index contributed by atoms with van der Waals surface area (Å²) in [6.07, 6.45) is 3.02. The van der Waals surface area contributed by atoms with E-state index < -0.39 is 11.6 Å². The molecule has 1 N–H and O–H groups in total. The molecule has 0 aromatic rings. The number of carbonyl (C=O) groups excluding carboxylic acids is 1. The summed E-state index contributed by atoms with van der Waals surface area (Å²) in [7, 11) is 0. The molecule has 0 aromatic carbocycles. The molecule has 3 nitrogen and oxygen atoms in total. The lowest BCUT2D eigenvalue weighted by Crippen LogP contribution is -2.46. The standard InChI is InChI=1S/C13H24O3/c1-5-16-12(14)13(4,15)11-7-9(2)6-10(3)8-11/h9-11,15H,5-8H2,1-4H3. The molecule has 0 saturated heterocycles. The second kappa shape index (κ2) is 5.17. The third-order valence-electron chi connectivity index (χ3n) is 3.66. The monoisotopic (exact) mass is 228 g/mol. The fourth-order valence-corrected chi connectivity index (χ4v) is 2.85. The van der Waals surface area contributed by atoms with Crippen molar-refractivity contribution in [1.29, 1.82) is 0 Å². The average molecular weight is 228 g/mol. The first-order chi connectivity index (χ1) is 7.37. The van der Waals surface area contributed by atoms with Crippen LogP contribution in [0.15, 0.2) is 0 Å². The molecule has 0 aromatic heterocycles. The molecule has 0 spiro atoms. The summed E-state index contributed by atoms with van der Waals surface area (Å²) in [6.45, 7) is 8.06. The van der Waals surface area contributed by atoms with Crippen LogP contribution in [0.3, 0.4) is 0 Å². The zero-order valence-electron chi connectivity index (χ0n) is 10.8. The minimum Gasteiger partial charge on any atom is -0.464 e. The van der Waals surface area contributed by atoms with Crippen LogP contribution in [0.25, 0.3) is 0 Å². The minimum absolute atomic E-state index is 0.0327. The Morgan fingerprint density at radius 3 is 2.25 bits per heavy atom. The zero-order chi connectivity index (χ0) is 12.3. The van der Waals surface area contributed by atoms with Gasteiger partial charge in [0.05, 0.1) is 6.61 Å². The van der Waals surface area contributed by atoms with Gasteiger partial charge in [-0.2, -0.15) is 0 Å². The lowest BCUT2D eigenvalue weighted by atomic mass is 9.70. The van der Waals surface area contributed by atoms with Gasteiger partial charge in [-0.15, -0.1) is 0 Å². The van der Waals surface area contributed by atoms with Crippen molar-refractivity contribution in [3.8, 4) is 0 Å². The first kappa shape index (κ1) is 13.5. The molecule has 16 heavy (non-hydrogen) atoms. The molecule has 3 atom stereocenters. The lowest BCUT2D eigenvalue weighted by molar-refractivity contribution is -0.171. The topological polar surface area (TPSA) is 46.5 Å². The number of esters is 1. The van der Waals surface area contributed by atoms with Crippen molar-refractivity contribution >= 4 is 5.97 Å².